The van der Waals surface area contributed by atoms with E-state index in [0.717, 1.165) is 0 Å². The van der Waals surface area contributed by atoms with Crippen LogP contribution in [0.25, 0.3) is 0 Å². The molecule has 9 heavy (non-hydrogen) atoms. The Balaban J connectivity index is 2.05. The summed E-state index contributed by atoms with van der Waals surface area (Å²) in [5.74, 6) is 0.645. The van der Waals surface area contributed by atoms with Gasteiger partial charge in [-0.25, -0.2) is 0 Å². The van der Waals surface area contributed by atoms with Crippen molar-refractivity contribution in [3.05, 3.63) is 0 Å². The van der Waals surface area contributed by atoms with Gasteiger partial charge in [0.2, 0.25) is 0 Å². The first-order valence-corrected chi connectivity index (χ1v) is 2.62. The molecular formula is C5H9NO3. The molecule has 0 aromatic carbocycles. The topological polar surface area (TPSA) is 43.4 Å². The van der Waals surface area contributed by atoms with Crippen LogP contribution in [0.15, 0.2) is 4.99 Å². The first-order chi connectivity index (χ1) is 4.38. The van der Waals surface area contributed by atoms with Crippen molar-refractivity contribution in [2.45, 2.75) is 6.29 Å². The maximum atomic E-state index is 4.93. The molecule has 0 spiro atoms. The lowest BCUT2D eigenvalue weighted by molar-refractivity contribution is -0.0684. The number of aliphatic imine (C=N–C) groups is 1. The van der Waals surface area contributed by atoms with E-state index < -0.39 is 0 Å². The molecule has 1 rings (SSSR count). The largest absolute Gasteiger partial charge is 0.437 e. The van der Waals surface area contributed by atoms with Crippen LogP contribution in [-0.2, 0) is 14.2 Å². The predicted molar refractivity (Wildman–Crippen MR) is 31.2 cm³/mol. The van der Waals surface area contributed by atoms with Crippen LogP contribution in [0, 0.1) is 0 Å². The Bertz CT molecular complexity index is 123. The molecule has 1 aliphatic rings. The van der Waals surface area contributed by atoms with Gasteiger partial charge < -0.3 is 14.2 Å². The van der Waals surface area contributed by atoms with E-state index in [1.165, 1.54) is 0 Å². The Morgan fingerprint density at radius 3 is 3.00 bits per heavy atom. The van der Waals surface area contributed by atoms with Gasteiger partial charge in [-0.3, -0.25) is 4.99 Å². The third-order valence-corrected chi connectivity index (χ3v) is 0.930. The lowest BCUT2D eigenvalue weighted by Gasteiger charge is -1.91. The highest BCUT2D eigenvalue weighted by Crippen LogP contribution is 2.14. The summed E-state index contributed by atoms with van der Waals surface area (Å²) in [5.41, 5.74) is 0. The Morgan fingerprint density at radius 1 is 1.78 bits per heavy atom. The molecule has 1 saturated heterocycles. The number of hydrogen-bond acceptors (Lipinski definition) is 4. The highest BCUT2D eigenvalue weighted by Gasteiger charge is 2.35. The highest BCUT2D eigenvalue weighted by atomic mass is 16.8. The number of ether oxygens (including phenoxy) is 3. The van der Waals surface area contributed by atoms with Crippen LogP contribution in [0.1, 0.15) is 0 Å². The molecule has 0 aliphatic carbocycles. The van der Waals surface area contributed by atoms with E-state index in [4.69, 9.17) is 9.47 Å². The molecule has 1 fully saturated rings. The van der Waals surface area contributed by atoms with Crippen molar-refractivity contribution in [2.75, 3.05) is 21.0 Å². The summed E-state index contributed by atoms with van der Waals surface area (Å²) in [5, 5.41) is 0. The van der Waals surface area contributed by atoms with Gasteiger partial charge in [0.05, 0.1) is 0 Å². The van der Waals surface area contributed by atoms with Crippen molar-refractivity contribution in [3.8, 4) is 0 Å². The third-order valence-electron chi connectivity index (χ3n) is 0.930. The zero-order chi connectivity index (χ0) is 6.69. The minimum Gasteiger partial charge on any atom is -0.437 e. The number of epoxide rings is 1. The number of nitrogens with zero attached hydrogens (tertiary/aromatic N) is 1. The summed E-state index contributed by atoms with van der Waals surface area (Å²) in [7, 11) is 3.22. The first-order valence-electron chi connectivity index (χ1n) is 2.62. The Hall–Kier alpha value is -0.610. The van der Waals surface area contributed by atoms with Crippen molar-refractivity contribution < 1.29 is 14.2 Å². The van der Waals surface area contributed by atoms with E-state index in [1.54, 1.807) is 14.2 Å². The molecule has 0 aromatic heterocycles. The van der Waals surface area contributed by atoms with E-state index in [1.807, 2.05) is 0 Å². The van der Waals surface area contributed by atoms with E-state index in [2.05, 4.69) is 9.73 Å². The fourth-order valence-electron chi connectivity index (χ4n) is 0.469. The lowest BCUT2D eigenvalue weighted by Crippen LogP contribution is -2.00. The summed E-state index contributed by atoms with van der Waals surface area (Å²) < 4.78 is 14.4. The van der Waals surface area contributed by atoms with Crippen molar-refractivity contribution in [3.63, 3.8) is 0 Å². The molecule has 0 unspecified atom stereocenters. The second-order valence-electron chi connectivity index (χ2n) is 1.58. The van der Waals surface area contributed by atoms with Crippen molar-refractivity contribution >= 4 is 5.90 Å². The quantitative estimate of drug-likeness (QED) is 0.399. The molecular weight excluding hydrogens is 122 g/mol. The van der Waals surface area contributed by atoms with E-state index >= 15 is 0 Å². The number of rotatable bonds is 3. The Morgan fingerprint density at radius 2 is 2.56 bits per heavy atom. The molecule has 1 atom stereocenters. The van der Waals surface area contributed by atoms with Gasteiger partial charge in [0.15, 0.2) is 6.79 Å². The Kier molecular flexibility index (Phi) is 2.02. The lowest BCUT2D eigenvalue weighted by atomic mass is 10.8. The van der Waals surface area contributed by atoms with Gasteiger partial charge >= 0.3 is 0 Å². The maximum Gasteiger partial charge on any atom is 0.280 e. The van der Waals surface area contributed by atoms with Gasteiger partial charge in [-0.15, -0.1) is 0 Å². The van der Waals surface area contributed by atoms with E-state index in [0.29, 0.717) is 5.90 Å². The molecule has 0 N–H and O–H groups in total. The van der Waals surface area contributed by atoms with Crippen LogP contribution in [0.2, 0.25) is 0 Å². The zero-order valence-corrected chi connectivity index (χ0v) is 5.46. The monoisotopic (exact) mass is 131 g/mol. The van der Waals surface area contributed by atoms with Crippen LogP contribution in [-0.4, -0.2) is 33.1 Å². The highest BCUT2D eigenvalue weighted by molar-refractivity contribution is 5.91. The fraction of sp³-hybridized carbons (Fsp3) is 0.800. The molecule has 52 valence electrons. The molecule has 4 nitrogen and oxygen atoms in total. The zero-order valence-electron chi connectivity index (χ0n) is 5.46. The third kappa shape index (κ3) is 1.65. The van der Waals surface area contributed by atoms with Gasteiger partial charge in [-0.05, 0) is 0 Å². The van der Waals surface area contributed by atoms with E-state index in [-0.39, 0.29) is 13.1 Å². The van der Waals surface area contributed by atoms with Crippen LogP contribution < -0.4 is 0 Å². The summed E-state index contributed by atoms with van der Waals surface area (Å²) in [6, 6.07) is 0. The summed E-state index contributed by atoms with van der Waals surface area (Å²) >= 11 is 0. The molecule has 0 amide bonds. The summed E-state index contributed by atoms with van der Waals surface area (Å²) in [6.45, 7) is 0.254. The second kappa shape index (κ2) is 2.80. The molecule has 0 saturated carbocycles. The number of hydrogen-bond donors (Lipinski definition) is 0. The van der Waals surface area contributed by atoms with Gasteiger partial charge in [0, 0.05) is 14.2 Å². The summed E-state index contributed by atoms with van der Waals surface area (Å²) in [6.07, 6.45) is -0.241. The maximum absolute atomic E-state index is 4.93. The van der Waals surface area contributed by atoms with Crippen LogP contribution >= 0.6 is 0 Å². The molecule has 0 bridgehead atoms. The van der Waals surface area contributed by atoms with Crippen LogP contribution in [0.5, 0.6) is 0 Å². The minimum absolute atomic E-state index is 0.241. The normalized spacial score (nSPS) is 28.2. The molecule has 1 heterocycles. The van der Waals surface area contributed by atoms with Crippen molar-refractivity contribution in [1.82, 2.24) is 0 Å². The molecule has 4 heteroatoms. The SMILES string of the molecule is CN=C1O[C@@H]1OCOC. The van der Waals surface area contributed by atoms with Gasteiger partial charge in [0.25, 0.3) is 12.2 Å². The van der Waals surface area contributed by atoms with Gasteiger partial charge in [-0.2, -0.15) is 0 Å². The summed E-state index contributed by atoms with van der Waals surface area (Å²) in [4.78, 5) is 3.75. The van der Waals surface area contributed by atoms with E-state index in [9.17, 15) is 0 Å². The predicted octanol–water partition coefficient (Wildman–Crippen LogP) is -0.00850. The van der Waals surface area contributed by atoms with Crippen LogP contribution in [0.3, 0.4) is 0 Å². The minimum atomic E-state index is -0.241. The molecule has 0 radical (unpaired) electrons. The molecule has 0 aromatic rings. The average molecular weight is 131 g/mol. The van der Waals surface area contributed by atoms with Crippen molar-refractivity contribution in [2.24, 2.45) is 4.99 Å². The Labute approximate surface area is 53.4 Å². The second-order valence-corrected chi connectivity index (χ2v) is 1.58. The smallest absolute Gasteiger partial charge is 0.280 e. The van der Waals surface area contributed by atoms with Gasteiger partial charge in [0.1, 0.15) is 0 Å². The van der Waals surface area contributed by atoms with Crippen LogP contribution in [0.4, 0.5) is 0 Å². The molecule has 1 aliphatic heterocycles. The average Bonchev–Trinajstić information content (AvgIpc) is 2.62. The van der Waals surface area contributed by atoms with Gasteiger partial charge in [-0.1, -0.05) is 0 Å². The fourth-order valence-corrected chi connectivity index (χ4v) is 0.469. The first kappa shape index (κ1) is 6.51. The number of methoxy groups -OCH3 is 1. The van der Waals surface area contributed by atoms with Crippen molar-refractivity contribution in [1.29, 1.82) is 0 Å². The standard InChI is InChI=1S/C5H9NO3/c1-6-4-5(9-4)8-3-7-2/h5H,3H2,1-2H3/t5-/m0/s1.